The first kappa shape index (κ1) is 19.1. The maximum absolute atomic E-state index is 12.7. The molecule has 0 radical (unpaired) electrons. The monoisotopic (exact) mass is 426 g/mol. The van der Waals surface area contributed by atoms with Crippen molar-refractivity contribution in [2.45, 2.75) is 44.2 Å². The SMILES string of the molecule is O=C1CCc2c(ncn(Cc3nc([C@@H]4CO[C@@H](c5ccc(Cl)cc5)C4)no3)c2=O)C1. The van der Waals surface area contributed by atoms with E-state index in [0.717, 1.165) is 12.0 Å². The molecule has 0 spiro atoms. The second-order valence-electron chi connectivity index (χ2n) is 7.67. The van der Waals surface area contributed by atoms with E-state index in [1.165, 1.54) is 10.9 Å². The van der Waals surface area contributed by atoms with E-state index in [0.29, 0.717) is 47.4 Å². The van der Waals surface area contributed by atoms with Gasteiger partial charge in [0.25, 0.3) is 5.56 Å². The van der Waals surface area contributed by atoms with E-state index >= 15 is 0 Å². The van der Waals surface area contributed by atoms with Crippen LogP contribution in [0, 0.1) is 0 Å². The zero-order valence-corrected chi connectivity index (χ0v) is 16.8. The molecule has 1 aliphatic carbocycles. The molecule has 3 heterocycles. The highest BCUT2D eigenvalue weighted by molar-refractivity contribution is 6.30. The molecule has 2 aliphatic rings. The molecule has 9 heteroatoms. The van der Waals surface area contributed by atoms with Crippen LogP contribution in [0.5, 0.6) is 0 Å². The van der Waals surface area contributed by atoms with Gasteiger partial charge in [0.05, 0.1) is 24.7 Å². The fourth-order valence-corrected chi connectivity index (χ4v) is 4.11. The van der Waals surface area contributed by atoms with Crippen LogP contribution >= 0.6 is 11.6 Å². The fraction of sp³-hybridized carbons (Fsp3) is 0.381. The number of benzene rings is 1. The molecule has 0 unspecified atom stereocenters. The number of carbonyl (C=O) groups is 1. The number of ketones is 1. The molecule has 1 aromatic carbocycles. The van der Waals surface area contributed by atoms with Gasteiger partial charge in [-0.25, -0.2) is 4.98 Å². The summed E-state index contributed by atoms with van der Waals surface area (Å²) in [6, 6.07) is 7.61. The third-order valence-electron chi connectivity index (χ3n) is 5.63. The minimum absolute atomic E-state index is 0.0209. The van der Waals surface area contributed by atoms with Gasteiger partial charge in [-0.3, -0.25) is 14.2 Å². The smallest absolute Gasteiger partial charge is 0.257 e. The highest BCUT2D eigenvalue weighted by Crippen LogP contribution is 2.37. The Morgan fingerprint density at radius 3 is 2.83 bits per heavy atom. The fourth-order valence-electron chi connectivity index (χ4n) is 3.98. The summed E-state index contributed by atoms with van der Waals surface area (Å²) in [5.74, 6) is 1.05. The van der Waals surface area contributed by atoms with Crippen LogP contribution in [-0.4, -0.2) is 32.1 Å². The summed E-state index contributed by atoms with van der Waals surface area (Å²) < 4.78 is 12.7. The molecular weight excluding hydrogens is 408 g/mol. The number of ether oxygens (including phenoxy) is 1. The van der Waals surface area contributed by atoms with E-state index in [9.17, 15) is 9.59 Å². The summed E-state index contributed by atoms with van der Waals surface area (Å²) in [5, 5.41) is 4.79. The van der Waals surface area contributed by atoms with Crippen LogP contribution in [0.3, 0.4) is 0 Å². The van der Waals surface area contributed by atoms with Gasteiger partial charge in [0.15, 0.2) is 5.82 Å². The standard InChI is InChI=1S/C21H19ClN4O4/c22-14-3-1-12(2-4-14)18-7-13(10-29-18)20-24-19(30-25-20)9-26-11-23-17-8-15(27)5-6-16(17)21(26)28/h1-4,11,13,18H,5-10H2/t13-,18+/m0/s1. The average molecular weight is 427 g/mol. The quantitative estimate of drug-likeness (QED) is 0.632. The predicted molar refractivity (Wildman–Crippen MR) is 106 cm³/mol. The third kappa shape index (κ3) is 3.68. The van der Waals surface area contributed by atoms with Gasteiger partial charge in [-0.05, 0) is 30.5 Å². The second kappa shape index (κ2) is 7.77. The molecule has 8 nitrogen and oxygen atoms in total. The first-order valence-electron chi connectivity index (χ1n) is 9.85. The number of nitrogens with zero attached hydrogens (tertiary/aromatic N) is 4. The highest BCUT2D eigenvalue weighted by atomic mass is 35.5. The molecule has 0 amide bonds. The Hall–Kier alpha value is -2.84. The van der Waals surface area contributed by atoms with Crippen LogP contribution < -0.4 is 5.56 Å². The van der Waals surface area contributed by atoms with Crippen molar-refractivity contribution in [3.8, 4) is 0 Å². The van der Waals surface area contributed by atoms with Crippen molar-refractivity contribution in [3.05, 3.63) is 74.5 Å². The van der Waals surface area contributed by atoms with Crippen molar-refractivity contribution < 1.29 is 14.1 Å². The Bertz CT molecular complexity index is 1150. The minimum atomic E-state index is -0.153. The summed E-state index contributed by atoms with van der Waals surface area (Å²) in [6.45, 7) is 0.648. The topological polar surface area (TPSA) is 100 Å². The van der Waals surface area contributed by atoms with E-state index in [1.807, 2.05) is 24.3 Å². The lowest BCUT2D eigenvalue weighted by Gasteiger charge is -2.14. The van der Waals surface area contributed by atoms with Gasteiger partial charge >= 0.3 is 0 Å². The summed E-state index contributed by atoms with van der Waals surface area (Å²) in [5.41, 5.74) is 2.09. The predicted octanol–water partition coefficient (Wildman–Crippen LogP) is 2.63. The molecule has 1 aliphatic heterocycles. The van der Waals surface area contributed by atoms with E-state index in [4.69, 9.17) is 20.9 Å². The molecule has 1 fully saturated rings. The first-order valence-corrected chi connectivity index (χ1v) is 10.2. The summed E-state index contributed by atoms with van der Waals surface area (Å²) >= 11 is 5.95. The van der Waals surface area contributed by atoms with Gasteiger partial charge in [0.1, 0.15) is 12.3 Å². The molecule has 2 aromatic heterocycles. The lowest BCUT2D eigenvalue weighted by molar-refractivity contribution is -0.118. The van der Waals surface area contributed by atoms with Crippen molar-refractivity contribution in [2.24, 2.45) is 0 Å². The van der Waals surface area contributed by atoms with Crippen molar-refractivity contribution in [3.63, 3.8) is 0 Å². The molecule has 1 saturated heterocycles. The number of halogens is 1. The van der Waals surface area contributed by atoms with Gasteiger partial charge in [-0.1, -0.05) is 28.9 Å². The van der Waals surface area contributed by atoms with Gasteiger partial charge in [0.2, 0.25) is 5.89 Å². The largest absolute Gasteiger partial charge is 0.373 e. The molecule has 5 rings (SSSR count). The van der Waals surface area contributed by atoms with Gasteiger partial charge in [0, 0.05) is 29.3 Å². The Morgan fingerprint density at radius 2 is 2.00 bits per heavy atom. The van der Waals surface area contributed by atoms with Crippen molar-refractivity contribution in [1.82, 2.24) is 19.7 Å². The maximum Gasteiger partial charge on any atom is 0.257 e. The van der Waals surface area contributed by atoms with Crippen LogP contribution in [-0.2, 0) is 28.9 Å². The molecule has 30 heavy (non-hydrogen) atoms. The maximum atomic E-state index is 12.7. The number of fused-ring (bicyclic) bond motifs is 1. The van der Waals surface area contributed by atoms with Gasteiger partial charge in [-0.2, -0.15) is 4.98 Å². The molecule has 2 atom stereocenters. The number of hydrogen-bond donors (Lipinski definition) is 0. The zero-order valence-electron chi connectivity index (χ0n) is 16.1. The normalized spacial score (nSPS) is 21.0. The Balaban J connectivity index is 1.29. The van der Waals surface area contributed by atoms with E-state index in [1.54, 1.807) is 0 Å². The minimum Gasteiger partial charge on any atom is -0.373 e. The first-order chi connectivity index (χ1) is 14.6. The van der Waals surface area contributed by atoms with E-state index < -0.39 is 0 Å². The third-order valence-corrected chi connectivity index (χ3v) is 5.88. The van der Waals surface area contributed by atoms with Gasteiger partial charge in [-0.15, -0.1) is 0 Å². The Morgan fingerprint density at radius 1 is 1.17 bits per heavy atom. The molecule has 0 saturated carbocycles. The lowest BCUT2D eigenvalue weighted by Crippen LogP contribution is -2.30. The van der Waals surface area contributed by atoms with Gasteiger partial charge < -0.3 is 9.26 Å². The van der Waals surface area contributed by atoms with Crippen LogP contribution in [0.15, 0.2) is 39.9 Å². The number of aromatic nitrogens is 4. The molecular formula is C21H19ClN4O4. The summed E-state index contributed by atoms with van der Waals surface area (Å²) in [4.78, 5) is 33.0. The van der Waals surface area contributed by atoms with Crippen molar-refractivity contribution >= 4 is 17.4 Å². The number of rotatable bonds is 4. The Kier molecular flexibility index (Phi) is 4.96. The summed E-state index contributed by atoms with van der Waals surface area (Å²) in [6.07, 6.45) is 3.20. The Labute approximate surface area is 176 Å². The highest BCUT2D eigenvalue weighted by Gasteiger charge is 2.31. The van der Waals surface area contributed by atoms with Crippen molar-refractivity contribution in [2.75, 3.05) is 6.61 Å². The second-order valence-corrected chi connectivity index (χ2v) is 8.11. The lowest BCUT2D eigenvalue weighted by atomic mass is 9.96. The number of Topliss-reactive ketones (excluding diaryl/α,β-unsaturated/α-hetero) is 1. The van der Waals surface area contributed by atoms with Crippen LogP contribution in [0.2, 0.25) is 5.02 Å². The van der Waals surface area contributed by atoms with E-state index in [-0.39, 0.29) is 36.3 Å². The zero-order chi connectivity index (χ0) is 20.7. The van der Waals surface area contributed by atoms with Crippen LogP contribution in [0.1, 0.15) is 53.4 Å². The molecule has 0 bridgehead atoms. The van der Waals surface area contributed by atoms with E-state index in [2.05, 4.69) is 15.1 Å². The molecule has 0 N–H and O–H groups in total. The molecule has 3 aromatic rings. The van der Waals surface area contributed by atoms with Crippen LogP contribution in [0.25, 0.3) is 0 Å². The van der Waals surface area contributed by atoms with Crippen molar-refractivity contribution in [1.29, 1.82) is 0 Å². The number of carbonyl (C=O) groups excluding carboxylic acids is 1. The number of hydrogen-bond acceptors (Lipinski definition) is 7. The summed E-state index contributed by atoms with van der Waals surface area (Å²) in [7, 11) is 0. The average Bonchev–Trinajstić information content (AvgIpc) is 3.40. The van der Waals surface area contributed by atoms with Crippen LogP contribution in [0.4, 0.5) is 0 Å². The molecule has 154 valence electrons.